The highest BCUT2D eigenvalue weighted by atomic mass is 35.5. The fourth-order valence-electron chi connectivity index (χ4n) is 3.60. The van der Waals surface area contributed by atoms with Crippen molar-refractivity contribution in [1.29, 1.82) is 0 Å². The Morgan fingerprint density at radius 1 is 0.967 bits per heavy atom. The van der Waals surface area contributed by atoms with E-state index in [0.29, 0.717) is 29.2 Å². The van der Waals surface area contributed by atoms with Gasteiger partial charge in [0.1, 0.15) is 5.75 Å². The van der Waals surface area contributed by atoms with E-state index in [4.69, 9.17) is 21.1 Å². The normalized spacial score (nSPS) is 14.6. The fourth-order valence-corrected chi connectivity index (χ4v) is 3.73. The molecule has 0 unspecified atom stereocenters. The average molecular weight is 431 g/mol. The minimum absolute atomic E-state index is 0.348. The third-order valence-electron chi connectivity index (χ3n) is 5.25. The molecule has 0 radical (unpaired) electrons. The number of nitrogens with one attached hydrogen (secondary N) is 2. The molecule has 3 rings (SSSR count). The van der Waals surface area contributed by atoms with Gasteiger partial charge in [0.2, 0.25) is 0 Å². The monoisotopic (exact) mass is 430 g/mol. The van der Waals surface area contributed by atoms with Crippen LogP contribution in [0.1, 0.15) is 41.6 Å². The Hall–Kier alpha value is -3.06. The topological polar surface area (TPSA) is 93.7 Å². The number of amides is 2. The summed E-state index contributed by atoms with van der Waals surface area (Å²) in [5.74, 6) is -0.955. The predicted octanol–water partition coefficient (Wildman–Crippen LogP) is 3.16. The predicted molar refractivity (Wildman–Crippen MR) is 111 cm³/mol. The lowest BCUT2D eigenvalue weighted by molar-refractivity contribution is -0.154. The molecule has 0 aromatic heterocycles. The maximum Gasteiger partial charge on any atom is 0.317 e. The molecule has 1 aliphatic rings. The van der Waals surface area contributed by atoms with Crippen molar-refractivity contribution in [2.24, 2.45) is 0 Å². The molecule has 158 valence electrons. The molecular weight excluding hydrogens is 408 g/mol. The van der Waals surface area contributed by atoms with Crippen molar-refractivity contribution in [1.82, 2.24) is 10.9 Å². The zero-order chi connectivity index (χ0) is 21.6. The molecule has 8 heteroatoms. The Morgan fingerprint density at radius 3 is 2.20 bits per heavy atom. The number of carbonyl (C=O) groups excluding carboxylic acids is 3. The summed E-state index contributed by atoms with van der Waals surface area (Å²) in [4.78, 5) is 37.0. The summed E-state index contributed by atoms with van der Waals surface area (Å²) in [6.45, 7) is -0.489. The standard InChI is InChI=1S/C22H23ClN2O5/c1-29-18-10-4-15(5-11-18)20(27)25-24-19(26)14-30-21(28)22(12-2-3-13-22)16-6-8-17(23)9-7-16/h4-11H,2-3,12-14H2,1H3,(H,24,26)(H,25,27). The van der Waals surface area contributed by atoms with Crippen molar-refractivity contribution in [2.45, 2.75) is 31.1 Å². The molecule has 0 atom stereocenters. The van der Waals surface area contributed by atoms with Crippen molar-refractivity contribution in [3.05, 3.63) is 64.7 Å². The molecule has 1 fully saturated rings. The highest BCUT2D eigenvalue weighted by molar-refractivity contribution is 6.30. The average Bonchev–Trinajstić information content (AvgIpc) is 3.27. The van der Waals surface area contributed by atoms with E-state index in [9.17, 15) is 14.4 Å². The number of hydrazine groups is 1. The second-order valence-electron chi connectivity index (χ2n) is 7.10. The van der Waals surface area contributed by atoms with E-state index in [1.165, 1.54) is 7.11 Å². The van der Waals surface area contributed by atoms with Crippen LogP contribution >= 0.6 is 11.6 Å². The number of hydrogen-bond acceptors (Lipinski definition) is 5. The van der Waals surface area contributed by atoms with Crippen LogP contribution in [0, 0.1) is 0 Å². The van der Waals surface area contributed by atoms with E-state index in [-0.39, 0.29) is 0 Å². The Morgan fingerprint density at radius 2 is 1.60 bits per heavy atom. The van der Waals surface area contributed by atoms with E-state index in [0.717, 1.165) is 18.4 Å². The smallest absolute Gasteiger partial charge is 0.317 e. The Labute approximate surface area is 179 Å². The van der Waals surface area contributed by atoms with E-state index < -0.39 is 29.8 Å². The van der Waals surface area contributed by atoms with Gasteiger partial charge in [-0.3, -0.25) is 25.2 Å². The van der Waals surface area contributed by atoms with Crippen LogP contribution in [0.15, 0.2) is 48.5 Å². The van der Waals surface area contributed by atoms with Crippen LogP contribution in [-0.2, 0) is 19.7 Å². The molecule has 2 aromatic carbocycles. The second kappa shape index (κ2) is 9.63. The first-order valence-corrected chi connectivity index (χ1v) is 9.99. The molecule has 0 heterocycles. The van der Waals surface area contributed by atoms with Crippen LogP contribution in [0.2, 0.25) is 5.02 Å². The molecule has 0 saturated heterocycles. The molecule has 0 bridgehead atoms. The number of rotatable bonds is 6. The number of carbonyl (C=O) groups is 3. The Bertz CT molecular complexity index is 906. The van der Waals surface area contributed by atoms with E-state index in [2.05, 4.69) is 10.9 Å². The zero-order valence-electron chi connectivity index (χ0n) is 16.6. The van der Waals surface area contributed by atoms with E-state index >= 15 is 0 Å². The molecule has 0 aliphatic heterocycles. The lowest BCUT2D eigenvalue weighted by Crippen LogP contribution is -2.44. The molecule has 2 N–H and O–H groups in total. The highest BCUT2D eigenvalue weighted by Crippen LogP contribution is 2.42. The van der Waals surface area contributed by atoms with Crippen LogP contribution < -0.4 is 15.6 Å². The Kier molecular flexibility index (Phi) is 6.95. The van der Waals surface area contributed by atoms with Crippen LogP contribution in [0.5, 0.6) is 5.75 Å². The number of halogens is 1. The van der Waals surface area contributed by atoms with Crippen LogP contribution in [0.25, 0.3) is 0 Å². The maximum atomic E-state index is 12.8. The minimum Gasteiger partial charge on any atom is -0.497 e. The number of ether oxygens (including phenoxy) is 2. The summed E-state index contributed by atoms with van der Waals surface area (Å²) in [5, 5.41) is 0.590. The van der Waals surface area contributed by atoms with Gasteiger partial charge in [-0.1, -0.05) is 36.6 Å². The maximum absolute atomic E-state index is 12.8. The second-order valence-corrected chi connectivity index (χ2v) is 7.54. The zero-order valence-corrected chi connectivity index (χ0v) is 17.3. The van der Waals surface area contributed by atoms with Crippen molar-refractivity contribution >= 4 is 29.4 Å². The van der Waals surface area contributed by atoms with Crippen molar-refractivity contribution in [3.8, 4) is 5.75 Å². The van der Waals surface area contributed by atoms with Crippen LogP contribution in [0.3, 0.4) is 0 Å². The fraction of sp³-hybridized carbons (Fsp3) is 0.318. The third kappa shape index (κ3) is 4.91. The molecule has 0 spiro atoms. The first-order valence-electron chi connectivity index (χ1n) is 9.61. The van der Waals surface area contributed by atoms with Gasteiger partial charge < -0.3 is 9.47 Å². The van der Waals surface area contributed by atoms with Gasteiger partial charge in [-0.2, -0.15) is 0 Å². The lowest BCUT2D eigenvalue weighted by atomic mass is 9.79. The largest absolute Gasteiger partial charge is 0.497 e. The molecular formula is C22H23ClN2O5. The van der Waals surface area contributed by atoms with Gasteiger partial charge in [0.15, 0.2) is 6.61 Å². The van der Waals surface area contributed by atoms with Crippen LogP contribution in [0.4, 0.5) is 0 Å². The van der Waals surface area contributed by atoms with E-state index in [1.807, 2.05) is 12.1 Å². The summed E-state index contributed by atoms with van der Waals surface area (Å²) < 4.78 is 10.3. The van der Waals surface area contributed by atoms with Gasteiger partial charge in [-0.15, -0.1) is 0 Å². The molecule has 7 nitrogen and oxygen atoms in total. The Balaban J connectivity index is 1.53. The highest BCUT2D eigenvalue weighted by Gasteiger charge is 2.44. The van der Waals surface area contributed by atoms with Gasteiger partial charge >= 0.3 is 5.97 Å². The summed E-state index contributed by atoms with van der Waals surface area (Å²) in [7, 11) is 1.53. The van der Waals surface area contributed by atoms with Crippen LogP contribution in [-0.4, -0.2) is 31.5 Å². The van der Waals surface area contributed by atoms with Gasteiger partial charge in [-0.25, -0.2) is 0 Å². The van der Waals surface area contributed by atoms with E-state index in [1.54, 1.807) is 36.4 Å². The summed E-state index contributed by atoms with van der Waals surface area (Å²) in [5.41, 5.74) is 4.96. The molecule has 1 saturated carbocycles. The number of methoxy groups -OCH3 is 1. The molecule has 30 heavy (non-hydrogen) atoms. The third-order valence-corrected chi connectivity index (χ3v) is 5.50. The first-order chi connectivity index (χ1) is 14.4. The SMILES string of the molecule is COc1ccc(C(=O)NNC(=O)COC(=O)C2(c3ccc(Cl)cc3)CCCC2)cc1. The molecule has 1 aliphatic carbocycles. The molecule has 2 amide bonds. The van der Waals surface area contributed by atoms with Crippen molar-refractivity contribution < 1.29 is 23.9 Å². The van der Waals surface area contributed by atoms with Gasteiger partial charge in [-0.05, 0) is 54.8 Å². The number of esters is 1. The quantitative estimate of drug-likeness (QED) is 0.542. The first kappa shape index (κ1) is 21.6. The van der Waals surface area contributed by atoms with Gasteiger partial charge in [0.25, 0.3) is 11.8 Å². The summed E-state index contributed by atoms with van der Waals surface area (Å²) in [6.07, 6.45) is 3.12. The van der Waals surface area contributed by atoms with Crippen molar-refractivity contribution in [3.63, 3.8) is 0 Å². The van der Waals surface area contributed by atoms with Gasteiger partial charge in [0.05, 0.1) is 12.5 Å². The number of hydrogen-bond donors (Lipinski definition) is 2. The molecule has 2 aromatic rings. The van der Waals surface area contributed by atoms with Crippen molar-refractivity contribution in [2.75, 3.05) is 13.7 Å². The minimum atomic E-state index is -0.767. The number of benzene rings is 2. The lowest BCUT2D eigenvalue weighted by Gasteiger charge is -2.27. The summed E-state index contributed by atoms with van der Waals surface area (Å²) in [6, 6.07) is 13.5. The summed E-state index contributed by atoms with van der Waals surface area (Å²) >= 11 is 5.96. The van der Waals surface area contributed by atoms with Gasteiger partial charge in [0, 0.05) is 10.6 Å².